The van der Waals surface area contributed by atoms with Crippen molar-refractivity contribution in [1.29, 1.82) is 0 Å². The Balaban J connectivity index is 1.50. The third-order valence-corrected chi connectivity index (χ3v) is 5.83. The predicted molar refractivity (Wildman–Crippen MR) is 107 cm³/mol. The Morgan fingerprint density at radius 3 is 2.93 bits per heavy atom. The zero-order chi connectivity index (χ0) is 19.9. The smallest absolute Gasteiger partial charge is 0.234 e. The van der Waals surface area contributed by atoms with Crippen LogP contribution in [0.25, 0.3) is 0 Å². The number of hydrogen-bond acceptors (Lipinski definition) is 6. The number of hydrogen-bond donors (Lipinski definition) is 1. The molecule has 146 valence electrons. The van der Waals surface area contributed by atoms with Crippen LogP contribution in [0.4, 0.5) is 17.5 Å². The van der Waals surface area contributed by atoms with E-state index in [0.29, 0.717) is 29.3 Å². The summed E-state index contributed by atoms with van der Waals surface area (Å²) in [5, 5.41) is 7.79. The van der Waals surface area contributed by atoms with Crippen molar-refractivity contribution in [3.05, 3.63) is 23.6 Å². The van der Waals surface area contributed by atoms with Crippen LogP contribution >= 0.6 is 11.6 Å². The summed E-state index contributed by atoms with van der Waals surface area (Å²) in [6, 6.07) is 0. The van der Waals surface area contributed by atoms with Crippen LogP contribution in [0.2, 0.25) is 5.02 Å². The van der Waals surface area contributed by atoms with Gasteiger partial charge in [0.25, 0.3) is 0 Å². The van der Waals surface area contributed by atoms with E-state index >= 15 is 0 Å². The molecule has 4 heterocycles. The first-order chi connectivity index (χ1) is 13.4. The number of amides is 1. The number of nitrogens with one attached hydrogen (secondary N) is 1. The summed E-state index contributed by atoms with van der Waals surface area (Å²) in [5.41, 5.74) is 0.804. The van der Waals surface area contributed by atoms with Crippen molar-refractivity contribution in [2.75, 3.05) is 36.4 Å². The predicted octanol–water partition coefficient (Wildman–Crippen LogP) is 1.92. The minimum Gasteiger partial charge on any atom is -0.354 e. The van der Waals surface area contributed by atoms with Crippen LogP contribution in [0, 0.1) is 23.7 Å². The minimum absolute atomic E-state index is 0.00448. The average molecular weight is 400 g/mol. The summed E-state index contributed by atoms with van der Waals surface area (Å²) < 4.78 is 1.70. The number of nitrogens with zero attached hydrogens (tertiary/aromatic N) is 6. The maximum atomic E-state index is 12.2. The second kappa shape index (κ2) is 6.99. The van der Waals surface area contributed by atoms with Crippen LogP contribution in [0.5, 0.6) is 0 Å². The maximum Gasteiger partial charge on any atom is 0.234 e. The topological polar surface area (TPSA) is 79.2 Å². The highest BCUT2D eigenvalue weighted by Crippen LogP contribution is 2.44. The molecule has 28 heavy (non-hydrogen) atoms. The van der Waals surface area contributed by atoms with E-state index in [0.717, 1.165) is 25.3 Å². The van der Waals surface area contributed by atoms with Crippen molar-refractivity contribution in [1.82, 2.24) is 24.6 Å². The maximum absolute atomic E-state index is 12.2. The first kappa shape index (κ1) is 18.6. The molecule has 2 aliphatic heterocycles. The van der Waals surface area contributed by atoms with Gasteiger partial charge in [-0.15, -0.1) is 6.42 Å². The van der Waals surface area contributed by atoms with E-state index in [1.807, 2.05) is 18.1 Å². The van der Waals surface area contributed by atoms with Crippen LogP contribution in [0.15, 0.2) is 18.6 Å². The molecule has 9 heteroatoms. The number of terminal acetylenes is 1. The van der Waals surface area contributed by atoms with Crippen molar-refractivity contribution < 1.29 is 4.79 Å². The molecule has 2 fully saturated rings. The van der Waals surface area contributed by atoms with E-state index in [9.17, 15) is 4.79 Å². The van der Waals surface area contributed by atoms with Gasteiger partial charge in [-0.3, -0.25) is 9.48 Å². The lowest BCUT2D eigenvalue weighted by Gasteiger charge is -2.26. The fourth-order valence-electron chi connectivity index (χ4n) is 4.15. The van der Waals surface area contributed by atoms with E-state index in [2.05, 4.69) is 38.1 Å². The van der Waals surface area contributed by atoms with Crippen LogP contribution in [-0.4, -0.2) is 56.7 Å². The summed E-state index contributed by atoms with van der Waals surface area (Å²) in [5.74, 6) is 4.02. The van der Waals surface area contributed by atoms with Gasteiger partial charge in [0.1, 0.15) is 5.02 Å². The molecule has 2 aromatic rings. The zero-order valence-electron chi connectivity index (χ0n) is 15.9. The molecule has 1 N–H and O–H groups in total. The molecular weight excluding hydrogens is 378 g/mol. The molecule has 4 rings (SSSR count). The third kappa shape index (κ3) is 3.38. The summed E-state index contributed by atoms with van der Waals surface area (Å²) in [7, 11) is 1.85. The molecule has 8 nitrogen and oxygen atoms in total. The molecule has 1 amide bonds. The minimum atomic E-state index is -0.00448. The monoisotopic (exact) mass is 399 g/mol. The molecule has 0 unspecified atom stereocenters. The SMILES string of the molecule is C#CCC(=O)N1C[C@H]2CN(c3nc(Nc4cnn(C)c4)ncc3Cl)C[C@@]2(C)C1. The molecule has 2 aromatic heterocycles. The van der Waals surface area contributed by atoms with Crippen LogP contribution in [-0.2, 0) is 11.8 Å². The summed E-state index contributed by atoms with van der Waals surface area (Å²) in [6.07, 6.45) is 10.6. The highest BCUT2D eigenvalue weighted by Gasteiger charge is 2.50. The molecule has 0 saturated carbocycles. The van der Waals surface area contributed by atoms with Crippen molar-refractivity contribution in [2.45, 2.75) is 13.3 Å². The van der Waals surface area contributed by atoms with Gasteiger partial charge in [-0.25, -0.2) is 4.98 Å². The molecule has 0 bridgehead atoms. The standard InChI is InChI=1S/C19H22ClN7O/c1-4-5-16(28)26-8-13-9-27(12-19(13,2)11-26)17-15(20)7-21-18(24-17)23-14-6-22-25(3)10-14/h1,6-7,10,13H,5,8-9,11-12H2,2-3H3,(H,21,23,24)/t13-,19+/m0/s1. The molecule has 0 aromatic carbocycles. The van der Waals surface area contributed by atoms with Gasteiger partial charge in [0.05, 0.1) is 24.5 Å². The zero-order valence-corrected chi connectivity index (χ0v) is 16.6. The lowest BCUT2D eigenvalue weighted by atomic mass is 9.83. The summed E-state index contributed by atoms with van der Waals surface area (Å²) in [6.45, 7) is 5.21. The molecule has 0 spiro atoms. The fraction of sp³-hybridized carbons (Fsp3) is 0.474. The van der Waals surface area contributed by atoms with Crippen molar-refractivity contribution >= 4 is 35.0 Å². The fourth-order valence-corrected chi connectivity index (χ4v) is 4.36. The highest BCUT2D eigenvalue weighted by molar-refractivity contribution is 6.32. The van der Waals surface area contributed by atoms with Crippen LogP contribution in [0.3, 0.4) is 0 Å². The van der Waals surface area contributed by atoms with Crippen molar-refractivity contribution in [3.8, 4) is 12.3 Å². The van der Waals surface area contributed by atoms with Gasteiger partial charge in [-0.1, -0.05) is 24.4 Å². The van der Waals surface area contributed by atoms with Gasteiger partial charge in [0, 0.05) is 50.8 Å². The summed E-state index contributed by atoms with van der Waals surface area (Å²) >= 11 is 6.41. The van der Waals surface area contributed by atoms with Gasteiger partial charge in [0.2, 0.25) is 11.9 Å². The lowest BCUT2D eigenvalue weighted by Crippen LogP contribution is -2.35. The Kier molecular flexibility index (Phi) is 4.63. The molecular formula is C19H22ClN7O. The second-order valence-corrected chi connectivity index (χ2v) is 8.19. The molecule has 2 atom stereocenters. The third-order valence-electron chi connectivity index (χ3n) is 5.56. The first-order valence-electron chi connectivity index (χ1n) is 9.12. The number of likely N-dealkylation sites (tertiary alicyclic amines) is 1. The molecule has 2 aliphatic rings. The summed E-state index contributed by atoms with van der Waals surface area (Å²) in [4.78, 5) is 25.1. The Hall–Kier alpha value is -2.79. The number of halogens is 1. The molecule has 0 radical (unpaired) electrons. The molecule has 0 aliphatic carbocycles. The number of aryl methyl sites for hydroxylation is 1. The number of aromatic nitrogens is 4. The Bertz CT molecular complexity index is 952. The number of carbonyl (C=O) groups is 1. The van der Waals surface area contributed by atoms with Crippen molar-refractivity contribution in [2.24, 2.45) is 18.4 Å². The van der Waals surface area contributed by atoms with Gasteiger partial charge in [-0.2, -0.15) is 10.1 Å². The van der Waals surface area contributed by atoms with E-state index in [-0.39, 0.29) is 17.7 Å². The number of rotatable bonds is 4. The quantitative estimate of drug-likeness (QED) is 0.791. The largest absolute Gasteiger partial charge is 0.354 e. The van der Waals surface area contributed by atoms with Gasteiger partial charge in [-0.05, 0) is 0 Å². The number of anilines is 3. The van der Waals surface area contributed by atoms with Gasteiger partial charge in [0.15, 0.2) is 5.82 Å². The normalized spacial score (nSPS) is 23.6. The van der Waals surface area contributed by atoms with E-state index < -0.39 is 0 Å². The lowest BCUT2D eigenvalue weighted by molar-refractivity contribution is -0.129. The van der Waals surface area contributed by atoms with Gasteiger partial charge >= 0.3 is 0 Å². The Morgan fingerprint density at radius 2 is 2.25 bits per heavy atom. The average Bonchev–Trinajstić information content (AvgIpc) is 3.28. The Labute approximate surface area is 168 Å². The van der Waals surface area contributed by atoms with E-state index in [1.165, 1.54) is 0 Å². The van der Waals surface area contributed by atoms with E-state index in [1.54, 1.807) is 17.1 Å². The van der Waals surface area contributed by atoms with Crippen LogP contribution < -0.4 is 10.2 Å². The van der Waals surface area contributed by atoms with Crippen molar-refractivity contribution in [3.63, 3.8) is 0 Å². The highest BCUT2D eigenvalue weighted by atomic mass is 35.5. The van der Waals surface area contributed by atoms with Gasteiger partial charge < -0.3 is 15.1 Å². The second-order valence-electron chi connectivity index (χ2n) is 7.78. The number of fused-ring (bicyclic) bond motifs is 1. The Morgan fingerprint density at radius 1 is 1.43 bits per heavy atom. The van der Waals surface area contributed by atoms with E-state index in [4.69, 9.17) is 18.0 Å². The first-order valence-corrected chi connectivity index (χ1v) is 9.50. The molecule has 2 saturated heterocycles. The van der Waals surface area contributed by atoms with Crippen LogP contribution in [0.1, 0.15) is 13.3 Å². The number of carbonyl (C=O) groups excluding carboxylic acids is 1.